The summed E-state index contributed by atoms with van der Waals surface area (Å²) in [5.41, 5.74) is 6.69. The van der Waals surface area contributed by atoms with Gasteiger partial charge in [-0.1, -0.05) is 34.5 Å². The smallest absolute Gasteiger partial charge is 0.469 e. The summed E-state index contributed by atoms with van der Waals surface area (Å²) < 4.78 is 40.5. The van der Waals surface area contributed by atoms with Crippen LogP contribution in [0.2, 0.25) is 10.0 Å². The Morgan fingerprint density at radius 3 is 2.40 bits per heavy atom. The summed E-state index contributed by atoms with van der Waals surface area (Å²) >= 11 is 13.8. The van der Waals surface area contributed by atoms with Crippen LogP contribution in [0.25, 0.3) is 21.1 Å². The van der Waals surface area contributed by atoms with Gasteiger partial charge in [0, 0.05) is 17.2 Å². The first-order valence-corrected chi connectivity index (χ1v) is 12.9. The number of hydrogen-bond acceptors (Lipinski definition) is 8. The monoisotopic (exact) mass is 587 g/mol. The van der Waals surface area contributed by atoms with Gasteiger partial charge < -0.3 is 25.0 Å². The molecule has 0 amide bonds. The summed E-state index contributed by atoms with van der Waals surface area (Å²) in [6.45, 7) is 3.07. The maximum Gasteiger partial charge on any atom is 0.469 e. The number of rotatable bonds is 10. The van der Waals surface area contributed by atoms with E-state index in [9.17, 15) is 8.96 Å². The number of halogens is 4. The van der Waals surface area contributed by atoms with Gasteiger partial charge in [0.25, 0.3) is 0 Å². The van der Waals surface area contributed by atoms with Crippen molar-refractivity contribution in [2.24, 2.45) is 5.73 Å². The Bertz CT molecular complexity index is 1210. The van der Waals surface area contributed by atoms with Crippen LogP contribution in [-0.2, 0) is 9.09 Å². The van der Waals surface area contributed by atoms with Crippen molar-refractivity contribution < 1.29 is 32.7 Å². The van der Waals surface area contributed by atoms with Gasteiger partial charge in [0.05, 0.1) is 28.8 Å². The number of phosphoric acid groups is 1. The fourth-order valence-electron chi connectivity index (χ4n) is 2.67. The van der Waals surface area contributed by atoms with Crippen LogP contribution in [0.15, 0.2) is 30.3 Å². The first-order valence-electron chi connectivity index (χ1n) is 9.81. The van der Waals surface area contributed by atoms with E-state index >= 15 is 0 Å². The van der Waals surface area contributed by atoms with E-state index < -0.39 is 26.3 Å². The zero-order valence-corrected chi connectivity index (χ0v) is 22.4. The van der Waals surface area contributed by atoms with E-state index in [1.165, 1.54) is 17.4 Å². The largest absolute Gasteiger partial charge is 0.489 e. The molecule has 4 N–H and O–H groups in total. The van der Waals surface area contributed by atoms with Gasteiger partial charge >= 0.3 is 7.82 Å². The van der Waals surface area contributed by atoms with Crippen molar-refractivity contribution in [2.75, 3.05) is 13.2 Å². The lowest BCUT2D eigenvalue weighted by atomic mass is 10.2. The molecule has 0 saturated heterocycles. The Morgan fingerprint density at radius 1 is 1.09 bits per heavy atom. The van der Waals surface area contributed by atoms with E-state index in [0.717, 1.165) is 6.07 Å². The topological polar surface area (TPSA) is 137 Å². The molecule has 3 rings (SSSR count). The maximum atomic E-state index is 14.6. The molecule has 0 saturated carbocycles. The highest BCUT2D eigenvalue weighted by atomic mass is 35.5. The molecule has 0 radical (unpaired) electrons. The third-order valence-electron chi connectivity index (χ3n) is 4.13. The molecular formula is C20H22Cl3FN3O6PS. The average Bonchev–Trinajstić information content (AvgIpc) is 3.23. The van der Waals surface area contributed by atoms with E-state index in [1.807, 2.05) is 13.8 Å². The van der Waals surface area contributed by atoms with Gasteiger partial charge in [-0.25, -0.2) is 8.96 Å². The molecule has 0 aliphatic carbocycles. The normalized spacial score (nSPS) is 12.4. The van der Waals surface area contributed by atoms with Crippen molar-refractivity contribution >= 4 is 54.8 Å². The molecule has 3 aromatic rings. The fraction of sp³-hybridized carbons (Fsp3) is 0.300. The molecule has 2 aromatic carbocycles. The van der Waals surface area contributed by atoms with Crippen molar-refractivity contribution in [3.05, 3.63) is 46.2 Å². The van der Waals surface area contributed by atoms with E-state index in [4.69, 9.17) is 48.2 Å². The van der Waals surface area contributed by atoms with Crippen LogP contribution in [-0.4, -0.2) is 45.3 Å². The van der Waals surface area contributed by atoms with Crippen LogP contribution in [0.5, 0.6) is 11.5 Å². The summed E-state index contributed by atoms with van der Waals surface area (Å²) in [7, 11) is -4.66. The molecule has 0 fully saturated rings. The lowest BCUT2D eigenvalue weighted by Crippen LogP contribution is -2.32. The Labute approximate surface area is 221 Å². The van der Waals surface area contributed by atoms with Gasteiger partial charge in [-0.3, -0.25) is 4.52 Å². The van der Waals surface area contributed by atoms with Crippen molar-refractivity contribution in [3.63, 3.8) is 0 Å². The Hall–Kier alpha value is -1.53. The van der Waals surface area contributed by atoms with Crippen molar-refractivity contribution in [1.82, 2.24) is 10.2 Å². The summed E-state index contributed by atoms with van der Waals surface area (Å²) in [5, 5.41) is 9.79. The van der Waals surface area contributed by atoms with E-state index in [2.05, 4.69) is 14.7 Å². The molecule has 1 heterocycles. The molecule has 1 atom stereocenters. The highest BCUT2D eigenvalue weighted by Gasteiger charge is 2.19. The van der Waals surface area contributed by atoms with Crippen LogP contribution < -0.4 is 15.2 Å². The quantitative estimate of drug-likeness (QED) is 0.268. The average molecular weight is 589 g/mol. The van der Waals surface area contributed by atoms with Crippen molar-refractivity contribution in [2.45, 2.75) is 26.0 Å². The first-order chi connectivity index (χ1) is 15.9. The van der Waals surface area contributed by atoms with Crippen molar-refractivity contribution in [3.8, 4) is 32.6 Å². The molecule has 1 aromatic heterocycles. The molecule has 192 valence electrons. The molecular weight excluding hydrogens is 567 g/mol. The molecule has 9 nitrogen and oxygen atoms in total. The second kappa shape index (κ2) is 12.6. The minimum absolute atomic E-state index is 0. The fourth-order valence-corrected chi connectivity index (χ4v) is 4.45. The number of phosphoric ester groups is 1. The predicted molar refractivity (Wildman–Crippen MR) is 135 cm³/mol. The number of ether oxygens (including phenoxy) is 2. The number of aromatic nitrogens is 2. The van der Waals surface area contributed by atoms with Gasteiger partial charge in [0.1, 0.15) is 22.4 Å². The molecule has 0 spiro atoms. The van der Waals surface area contributed by atoms with Crippen LogP contribution in [0.3, 0.4) is 0 Å². The van der Waals surface area contributed by atoms with E-state index in [0.29, 0.717) is 31.9 Å². The third kappa shape index (κ3) is 8.52. The summed E-state index contributed by atoms with van der Waals surface area (Å²) in [6, 6.07) is 6.77. The van der Waals surface area contributed by atoms with Crippen LogP contribution in [0, 0.1) is 5.82 Å². The zero-order chi connectivity index (χ0) is 25.0. The Balaban J connectivity index is 0.00000432. The molecule has 0 aliphatic rings. The van der Waals surface area contributed by atoms with Gasteiger partial charge in [-0.2, -0.15) is 0 Å². The zero-order valence-electron chi connectivity index (χ0n) is 18.4. The molecule has 15 heteroatoms. The number of benzene rings is 2. The first kappa shape index (κ1) is 29.7. The summed E-state index contributed by atoms with van der Waals surface area (Å²) in [5.74, 6) is -0.353. The SMILES string of the molecule is CC(C)Oc1ccc(-c2nnc(-c3cc(F)c(OC[C@@H](N)COP(=O)(O)O)cc3Cl)s2)cc1Cl.Cl. The minimum Gasteiger partial charge on any atom is -0.489 e. The second-order valence-corrected chi connectivity index (χ2v) is 10.4. The van der Waals surface area contributed by atoms with Gasteiger partial charge in [-0.15, -0.1) is 22.6 Å². The maximum absolute atomic E-state index is 14.6. The highest BCUT2D eigenvalue weighted by molar-refractivity contribution is 7.46. The number of nitrogens with two attached hydrogens (primary N) is 1. The predicted octanol–water partition coefficient (Wildman–Crippen LogP) is 5.34. The van der Waals surface area contributed by atoms with E-state index in [1.54, 1.807) is 18.2 Å². The lowest BCUT2D eigenvalue weighted by Gasteiger charge is -2.15. The molecule has 35 heavy (non-hydrogen) atoms. The second-order valence-electron chi connectivity index (χ2n) is 7.34. The van der Waals surface area contributed by atoms with Crippen molar-refractivity contribution in [1.29, 1.82) is 0 Å². The highest BCUT2D eigenvalue weighted by Crippen LogP contribution is 2.39. The molecule has 0 bridgehead atoms. The number of hydrogen-bond donors (Lipinski definition) is 3. The summed E-state index contributed by atoms with van der Waals surface area (Å²) in [4.78, 5) is 17.4. The van der Waals surface area contributed by atoms with Gasteiger partial charge in [-0.05, 0) is 38.1 Å². The van der Waals surface area contributed by atoms with Gasteiger partial charge in [0.2, 0.25) is 0 Å². The van der Waals surface area contributed by atoms with Gasteiger partial charge in [0.15, 0.2) is 11.6 Å². The lowest BCUT2D eigenvalue weighted by molar-refractivity contribution is 0.164. The van der Waals surface area contributed by atoms with Crippen LogP contribution in [0.1, 0.15) is 13.8 Å². The summed E-state index contributed by atoms with van der Waals surface area (Å²) in [6.07, 6.45) is -0.0238. The third-order valence-corrected chi connectivity index (χ3v) is 6.23. The van der Waals surface area contributed by atoms with E-state index in [-0.39, 0.29) is 35.9 Å². The number of nitrogens with zero attached hydrogens (tertiary/aromatic N) is 2. The van der Waals surface area contributed by atoms with Crippen LogP contribution in [0.4, 0.5) is 4.39 Å². The molecule has 0 unspecified atom stereocenters. The Morgan fingerprint density at radius 2 is 1.77 bits per heavy atom. The van der Waals surface area contributed by atoms with Crippen LogP contribution >= 0.6 is 54.8 Å². The molecule has 0 aliphatic heterocycles. The minimum atomic E-state index is -4.66. The standard InChI is InChI=1S/C20H21Cl2FN3O6PS.ClH/c1-10(2)32-17-4-3-11(5-15(17)22)19-25-26-20(34-19)13-6-16(23)18(7-14(13)21)30-8-12(24)9-31-33(27,28)29;/h3-7,10,12H,8-9,24H2,1-2H3,(H2,27,28,29);1H/t12-;/m1./s1. The Kier molecular flexibility index (Phi) is 10.7.